The first-order chi connectivity index (χ1) is 15.1. The number of carbonyl (C=O) groups is 3. The highest BCUT2D eigenvalue weighted by Crippen LogP contribution is 2.26. The first-order valence-corrected chi connectivity index (χ1v) is 10.7. The van der Waals surface area contributed by atoms with Gasteiger partial charge in [-0.1, -0.05) is 19.1 Å². The van der Waals surface area contributed by atoms with Crippen molar-refractivity contribution in [2.75, 3.05) is 18.4 Å². The maximum atomic E-state index is 13.3. The van der Waals surface area contributed by atoms with Crippen LogP contribution < -0.4 is 10.6 Å². The summed E-state index contributed by atoms with van der Waals surface area (Å²) in [6.45, 7) is 2.84. The highest BCUT2D eigenvalue weighted by atomic mass is 16.2. The first kappa shape index (κ1) is 21.0. The number of amides is 4. The quantitative estimate of drug-likeness (QED) is 0.746. The van der Waals surface area contributed by atoms with E-state index in [4.69, 9.17) is 0 Å². The van der Waals surface area contributed by atoms with Gasteiger partial charge in [0.1, 0.15) is 12.6 Å². The van der Waals surface area contributed by atoms with Crippen molar-refractivity contribution in [1.82, 2.24) is 20.1 Å². The van der Waals surface area contributed by atoms with Crippen LogP contribution in [-0.2, 0) is 22.6 Å². The van der Waals surface area contributed by atoms with Crippen molar-refractivity contribution in [2.24, 2.45) is 0 Å². The van der Waals surface area contributed by atoms with Crippen molar-refractivity contribution >= 4 is 23.5 Å². The second kappa shape index (κ2) is 9.26. The fourth-order valence-corrected chi connectivity index (χ4v) is 4.20. The molecule has 2 aliphatic heterocycles. The standard InChI is InChI=1S/C23H27N5O3/c1-2-16-5-7-18(8-6-16)26-20(29)15-27-19-4-3-11-25-21(19)22(30)28(23(27)31)14-17-9-12-24-13-10-17/h5-10,12-13,19,21,25H,2-4,11,14-15H2,1H3,(H,26,29). The monoisotopic (exact) mass is 421 g/mol. The lowest BCUT2D eigenvalue weighted by Crippen LogP contribution is -2.70. The topological polar surface area (TPSA) is 94.6 Å². The molecule has 0 aliphatic carbocycles. The minimum Gasteiger partial charge on any atom is -0.325 e. The van der Waals surface area contributed by atoms with Gasteiger partial charge in [0.25, 0.3) is 0 Å². The van der Waals surface area contributed by atoms with E-state index in [0.717, 1.165) is 18.4 Å². The van der Waals surface area contributed by atoms with Crippen LogP contribution in [0.2, 0.25) is 0 Å². The Bertz CT molecular complexity index is 947. The average Bonchev–Trinajstić information content (AvgIpc) is 2.80. The Balaban J connectivity index is 1.51. The van der Waals surface area contributed by atoms with Gasteiger partial charge >= 0.3 is 6.03 Å². The van der Waals surface area contributed by atoms with Gasteiger partial charge in [0.15, 0.2) is 0 Å². The van der Waals surface area contributed by atoms with Gasteiger partial charge in [-0.2, -0.15) is 0 Å². The molecule has 31 heavy (non-hydrogen) atoms. The maximum Gasteiger partial charge on any atom is 0.327 e. The lowest BCUT2D eigenvalue weighted by Gasteiger charge is -2.46. The van der Waals surface area contributed by atoms with Gasteiger partial charge in [-0.25, -0.2) is 4.79 Å². The Morgan fingerprint density at radius 2 is 1.87 bits per heavy atom. The van der Waals surface area contributed by atoms with Gasteiger partial charge in [-0.3, -0.25) is 19.5 Å². The molecule has 4 amide bonds. The molecule has 3 heterocycles. The fraction of sp³-hybridized carbons (Fsp3) is 0.391. The van der Waals surface area contributed by atoms with Gasteiger partial charge < -0.3 is 15.5 Å². The van der Waals surface area contributed by atoms with Crippen LogP contribution in [0.4, 0.5) is 10.5 Å². The fourth-order valence-electron chi connectivity index (χ4n) is 4.20. The highest BCUT2D eigenvalue weighted by Gasteiger charge is 2.47. The Morgan fingerprint density at radius 3 is 2.58 bits per heavy atom. The van der Waals surface area contributed by atoms with E-state index in [-0.39, 0.29) is 30.9 Å². The minimum absolute atomic E-state index is 0.0999. The van der Waals surface area contributed by atoms with Crippen LogP contribution in [0, 0.1) is 0 Å². The summed E-state index contributed by atoms with van der Waals surface area (Å²) in [5, 5.41) is 6.11. The number of imide groups is 1. The molecule has 4 rings (SSSR count). The van der Waals surface area contributed by atoms with Crippen LogP contribution in [-0.4, -0.2) is 57.8 Å². The van der Waals surface area contributed by atoms with Crippen LogP contribution in [0.1, 0.15) is 30.9 Å². The number of benzene rings is 1. The summed E-state index contributed by atoms with van der Waals surface area (Å²) in [7, 11) is 0. The zero-order valence-corrected chi connectivity index (χ0v) is 17.6. The number of anilines is 1. The van der Waals surface area contributed by atoms with E-state index in [9.17, 15) is 14.4 Å². The number of aromatic nitrogens is 1. The molecular formula is C23H27N5O3. The molecule has 0 saturated carbocycles. The van der Waals surface area contributed by atoms with Crippen molar-refractivity contribution in [2.45, 2.75) is 44.8 Å². The summed E-state index contributed by atoms with van der Waals surface area (Å²) in [5.41, 5.74) is 2.69. The lowest BCUT2D eigenvalue weighted by molar-refractivity contribution is -0.138. The van der Waals surface area contributed by atoms with Gasteiger partial charge in [0.05, 0.1) is 12.6 Å². The van der Waals surface area contributed by atoms with E-state index < -0.39 is 12.1 Å². The number of fused-ring (bicyclic) bond motifs is 1. The van der Waals surface area contributed by atoms with Crippen LogP contribution >= 0.6 is 0 Å². The van der Waals surface area contributed by atoms with E-state index >= 15 is 0 Å². The number of aryl methyl sites for hydroxylation is 1. The molecule has 1 aromatic carbocycles. The average molecular weight is 422 g/mol. The molecule has 8 heteroatoms. The number of pyridine rings is 1. The van der Waals surface area contributed by atoms with E-state index in [1.165, 1.54) is 15.4 Å². The molecule has 162 valence electrons. The number of nitrogens with zero attached hydrogens (tertiary/aromatic N) is 3. The third-order valence-corrected chi connectivity index (χ3v) is 5.88. The minimum atomic E-state index is -0.495. The van der Waals surface area contributed by atoms with Crippen LogP contribution in [0.15, 0.2) is 48.8 Å². The van der Waals surface area contributed by atoms with Crippen molar-refractivity contribution < 1.29 is 14.4 Å². The number of nitrogens with one attached hydrogen (secondary N) is 2. The first-order valence-electron chi connectivity index (χ1n) is 10.7. The Kier molecular flexibility index (Phi) is 6.27. The highest BCUT2D eigenvalue weighted by molar-refractivity contribution is 6.02. The maximum absolute atomic E-state index is 13.3. The molecule has 2 atom stereocenters. The Hall–Kier alpha value is -3.26. The van der Waals surface area contributed by atoms with E-state index in [1.54, 1.807) is 24.5 Å². The molecule has 2 fully saturated rings. The van der Waals surface area contributed by atoms with Crippen molar-refractivity contribution in [3.8, 4) is 0 Å². The summed E-state index contributed by atoms with van der Waals surface area (Å²) in [5.74, 6) is -0.515. The summed E-state index contributed by atoms with van der Waals surface area (Å²) in [4.78, 5) is 45.8. The van der Waals surface area contributed by atoms with Gasteiger partial charge in [-0.15, -0.1) is 0 Å². The number of rotatable bonds is 6. The van der Waals surface area contributed by atoms with Crippen molar-refractivity contribution in [3.63, 3.8) is 0 Å². The lowest BCUT2D eigenvalue weighted by atomic mass is 9.93. The predicted molar refractivity (Wildman–Crippen MR) is 116 cm³/mol. The molecule has 2 saturated heterocycles. The number of piperidine rings is 1. The third-order valence-electron chi connectivity index (χ3n) is 5.88. The van der Waals surface area contributed by atoms with Gasteiger partial charge in [-0.05, 0) is 61.2 Å². The Labute approximate surface area is 181 Å². The largest absolute Gasteiger partial charge is 0.327 e. The smallest absolute Gasteiger partial charge is 0.325 e. The molecule has 0 spiro atoms. The SMILES string of the molecule is CCc1ccc(NC(=O)CN2C(=O)N(Cc3ccncc3)C(=O)C3NCCCC32)cc1. The molecule has 0 radical (unpaired) electrons. The molecule has 8 nitrogen and oxygen atoms in total. The van der Waals surface area contributed by atoms with Crippen molar-refractivity contribution in [1.29, 1.82) is 0 Å². The van der Waals surface area contributed by atoms with Gasteiger partial charge in [0, 0.05) is 18.1 Å². The van der Waals surface area contributed by atoms with Crippen LogP contribution in [0.25, 0.3) is 0 Å². The zero-order valence-electron chi connectivity index (χ0n) is 17.6. The number of hydrogen-bond acceptors (Lipinski definition) is 5. The van der Waals surface area contributed by atoms with E-state index in [1.807, 2.05) is 24.3 Å². The second-order valence-electron chi connectivity index (χ2n) is 7.93. The summed E-state index contributed by atoms with van der Waals surface area (Å²) >= 11 is 0. The number of urea groups is 1. The molecule has 0 bridgehead atoms. The van der Waals surface area contributed by atoms with Crippen molar-refractivity contribution in [3.05, 3.63) is 59.9 Å². The molecule has 1 aromatic heterocycles. The summed E-state index contributed by atoms with van der Waals surface area (Å²) < 4.78 is 0. The Morgan fingerprint density at radius 1 is 1.13 bits per heavy atom. The second-order valence-corrected chi connectivity index (χ2v) is 7.93. The summed E-state index contributed by atoms with van der Waals surface area (Å²) in [6, 6.07) is 9.97. The molecule has 2 aromatic rings. The van der Waals surface area contributed by atoms with E-state index in [2.05, 4.69) is 22.5 Å². The number of hydrogen-bond donors (Lipinski definition) is 2. The number of carbonyl (C=O) groups excluding carboxylic acids is 3. The summed E-state index contributed by atoms with van der Waals surface area (Å²) in [6.07, 6.45) is 5.73. The van der Waals surface area contributed by atoms with Crippen LogP contribution in [0.5, 0.6) is 0 Å². The van der Waals surface area contributed by atoms with E-state index in [0.29, 0.717) is 18.7 Å². The normalized spacial score (nSPS) is 21.1. The zero-order chi connectivity index (χ0) is 21.8. The molecular weight excluding hydrogens is 394 g/mol. The van der Waals surface area contributed by atoms with Crippen LogP contribution in [0.3, 0.4) is 0 Å². The van der Waals surface area contributed by atoms with Gasteiger partial charge in [0.2, 0.25) is 11.8 Å². The molecule has 2 N–H and O–H groups in total. The predicted octanol–water partition coefficient (Wildman–Crippen LogP) is 2.17. The third kappa shape index (κ3) is 4.59. The molecule has 2 aliphatic rings. The molecule has 2 unspecified atom stereocenters.